The van der Waals surface area contributed by atoms with Gasteiger partial charge in [-0.25, -0.2) is 4.57 Å². The van der Waals surface area contributed by atoms with Crippen molar-refractivity contribution in [2.45, 2.75) is 20.1 Å². The maximum absolute atomic E-state index is 5.73. The van der Waals surface area contributed by atoms with E-state index in [1.165, 1.54) is 0 Å². The number of hydrogen-bond donors (Lipinski definition) is 0. The van der Waals surface area contributed by atoms with Crippen LogP contribution in [0.1, 0.15) is 25.1 Å². The summed E-state index contributed by atoms with van der Waals surface area (Å²) in [5.74, 6) is 0.807. The quantitative estimate of drug-likeness (QED) is 0.522. The molecule has 2 aromatic rings. The van der Waals surface area contributed by atoms with Crippen molar-refractivity contribution in [1.29, 1.82) is 0 Å². The van der Waals surface area contributed by atoms with Crippen LogP contribution in [0.5, 0.6) is 5.75 Å². The van der Waals surface area contributed by atoms with E-state index in [9.17, 15) is 0 Å². The molecule has 0 radical (unpaired) electrons. The highest BCUT2D eigenvalue weighted by molar-refractivity contribution is 5.67. The maximum Gasteiger partial charge on any atom is 0.204 e. The molecule has 4 nitrogen and oxygen atoms in total. The van der Waals surface area contributed by atoms with E-state index < -0.39 is 0 Å². The Kier molecular flexibility index (Phi) is 7.46. The normalized spacial score (nSPS) is 11.3. The highest BCUT2D eigenvalue weighted by atomic mass is 16.7. The Labute approximate surface area is 144 Å². The van der Waals surface area contributed by atoms with Gasteiger partial charge in [-0.2, -0.15) is 0 Å². The van der Waals surface area contributed by atoms with Crippen molar-refractivity contribution in [3.8, 4) is 5.75 Å². The fourth-order valence-corrected chi connectivity index (χ4v) is 2.25. The van der Waals surface area contributed by atoms with Crippen LogP contribution in [0, 0.1) is 0 Å². The van der Waals surface area contributed by atoms with Gasteiger partial charge in [-0.15, -0.1) is 0 Å². The highest BCUT2D eigenvalue weighted by Gasteiger charge is 2.08. The second-order valence-electron chi connectivity index (χ2n) is 5.29. The molecule has 0 saturated carbocycles. The second-order valence-corrected chi connectivity index (χ2v) is 5.29. The molecule has 0 N–H and O–H groups in total. The van der Waals surface area contributed by atoms with E-state index in [2.05, 4.69) is 22.8 Å². The topological polar surface area (TPSA) is 31.6 Å². The Balaban J connectivity index is 1.92. The smallest absolute Gasteiger partial charge is 0.204 e. The van der Waals surface area contributed by atoms with Gasteiger partial charge in [-0.3, -0.25) is 0 Å². The molecule has 1 aromatic heterocycles. The molecule has 0 aliphatic carbocycles. The summed E-state index contributed by atoms with van der Waals surface area (Å²) in [6.45, 7) is 5.49. The van der Waals surface area contributed by atoms with Crippen molar-refractivity contribution in [2.75, 3.05) is 19.8 Å². The van der Waals surface area contributed by atoms with Crippen LogP contribution in [-0.4, -0.2) is 26.1 Å². The lowest BCUT2D eigenvalue weighted by atomic mass is 10.2. The SMILES string of the molecule is CCOC(COc1ccc(/C=C/c2cccc[n+]2C)cc1)OCC. The summed E-state index contributed by atoms with van der Waals surface area (Å²) in [4.78, 5) is 0. The molecule has 0 amide bonds. The van der Waals surface area contributed by atoms with Gasteiger partial charge < -0.3 is 14.2 Å². The predicted molar refractivity (Wildman–Crippen MR) is 95.5 cm³/mol. The van der Waals surface area contributed by atoms with Crippen molar-refractivity contribution < 1.29 is 18.8 Å². The van der Waals surface area contributed by atoms with E-state index in [-0.39, 0.29) is 6.29 Å². The minimum atomic E-state index is -0.322. The molecular weight excluding hydrogens is 302 g/mol. The first kappa shape index (κ1) is 18.2. The third-order valence-corrected chi connectivity index (χ3v) is 3.51. The molecule has 1 aromatic carbocycles. The van der Waals surface area contributed by atoms with E-state index in [1.807, 2.05) is 63.5 Å². The van der Waals surface area contributed by atoms with Crippen molar-refractivity contribution >= 4 is 12.2 Å². The molecule has 24 heavy (non-hydrogen) atoms. The van der Waals surface area contributed by atoms with Crippen LogP contribution in [0.15, 0.2) is 48.7 Å². The monoisotopic (exact) mass is 328 g/mol. The van der Waals surface area contributed by atoms with Crippen molar-refractivity contribution in [1.82, 2.24) is 0 Å². The third kappa shape index (κ3) is 5.80. The minimum absolute atomic E-state index is 0.322. The average Bonchev–Trinajstić information content (AvgIpc) is 2.60. The van der Waals surface area contributed by atoms with Crippen LogP contribution >= 0.6 is 0 Å². The molecule has 4 heteroatoms. The number of ether oxygens (including phenoxy) is 3. The van der Waals surface area contributed by atoms with Crippen LogP contribution in [0.3, 0.4) is 0 Å². The van der Waals surface area contributed by atoms with E-state index in [0.717, 1.165) is 17.0 Å². The van der Waals surface area contributed by atoms with Crippen molar-refractivity contribution in [3.63, 3.8) is 0 Å². The van der Waals surface area contributed by atoms with Crippen LogP contribution in [0.4, 0.5) is 0 Å². The molecule has 0 aliphatic rings. The van der Waals surface area contributed by atoms with Crippen molar-refractivity contribution in [3.05, 3.63) is 59.9 Å². The summed E-state index contributed by atoms with van der Waals surface area (Å²) >= 11 is 0. The molecule has 0 saturated heterocycles. The summed E-state index contributed by atoms with van der Waals surface area (Å²) in [7, 11) is 2.03. The zero-order chi connectivity index (χ0) is 17.2. The zero-order valence-corrected chi connectivity index (χ0v) is 14.6. The first-order valence-electron chi connectivity index (χ1n) is 8.31. The van der Waals surface area contributed by atoms with Crippen LogP contribution in [-0.2, 0) is 16.5 Å². The highest BCUT2D eigenvalue weighted by Crippen LogP contribution is 2.15. The number of pyridine rings is 1. The van der Waals surface area contributed by atoms with Crippen LogP contribution < -0.4 is 9.30 Å². The van der Waals surface area contributed by atoms with E-state index in [1.54, 1.807) is 0 Å². The molecular formula is C20H26NO3+. The van der Waals surface area contributed by atoms with Gasteiger partial charge in [0.05, 0.1) is 0 Å². The van der Waals surface area contributed by atoms with Gasteiger partial charge in [0.2, 0.25) is 5.69 Å². The van der Waals surface area contributed by atoms with Gasteiger partial charge in [-0.05, 0) is 43.7 Å². The Hall–Kier alpha value is -2.17. The summed E-state index contributed by atoms with van der Waals surface area (Å²) < 4.78 is 18.7. The molecule has 0 fully saturated rings. The number of benzene rings is 1. The standard InChI is InChI=1S/C20H26NO3/c1-4-22-20(23-5-2)16-24-19-13-10-17(11-14-19)9-12-18-8-6-7-15-21(18)3/h6-15,20H,4-5,16H2,1-3H3/q+1/b12-9+. The Morgan fingerprint density at radius 3 is 2.29 bits per heavy atom. The number of aromatic nitrogens is 1. The Morgan fingerprint density at radius 2 is 1.67 bits per heavy atom. The summed E-state index contributed by atoms with van der Waals surface area (Å²) in [5, 5.41) is 0. The molecule has 1 heterocycles. The van der Waals surface area contributed by atoms with Crippen LogP contribution in [0.2, 0.25) is 0 Å². The number of rotatable bonds is 9. The van der Waals surface area contributed by atoms with E-state index >= 15 is 0 Å². The molecule has 0 aliphatic heterocycles. The fourth-order valence-electron chi connectivity index (χ4n) is 2.25. The fraction of sp³-hybridized carbons (Fsp3) is 0.350. The van der Waals surface area contributed by atoms with Crippen molar-refractivity contribution in [2.24, 2.45) is 7.05 Å². The lowest BCUT2D eigenvalue weighted by Gasteiger charge is -2.17. The number of aryl methyl sites for hydroxylation is 1. The van der Waals surface area contributed by atoms with Gasteiger partial charge in [0.15, 0.2) is 12.5 Å². The molecule has 0 spiro atoms. The minimum Gasteiger partial charge on any atom is -0.488 e. The molecule has 128 valence electrons. The lowest BCUT2D eigenvalue weighted by Crippen LogP contribution is -2.30. The summed E-state index contributed by atoms with van der Waals surface area (Å²) in [6, 6.07) is 14.1. The molecule has 0 unspecified atom stereocenters. The van der Waals surface area contributed by atoms with E-state index in [4.69, 9.17) is 14.2 Å². The maximum atomic E-state index is 5.73. The van der Waals surface area contributed by atoms with Gasteiger partial charge in [0.1, 0.15) is 19.4 Å². The van der Waals surface area contributed by atoms with Gasteiger partial charge in [0, 0.05) is 31.4 Å². The molecule has 0 bridgehead atoms. The molecule has 2 rings (SSSR count). The lowest BCUT2D eigenvalue weighted by molar-refractivity contribution is -0.673. The predicted octanol–water partition coefficient (Wildman–Crippen LogP) is 3.46. The Morgan fingerprint density at radius 1 is 0.958 bits per heavy atom. The van der Waals surface area contributed by atoms with E-state index in [0.29, 0.717) is 19.8 Å². The van der Waals surface area contributed by atoms with Gasteiger partial charge in [0.25, 0.3) is 0 Å². The second kappa shape index (κ2) is 9.85. The van der Waals surface area contributed by atoms with Crippen LogP contribution in [0.25, 0.3) is 12.2 Å². The Bertz CT molecular complexity index is 632. The van der Waals surface area contributed by atoms with Gasteiger partial charge in [-0.1, -0.05) is 12.1 Å². The number of hydrogen-bond acceptors (Lipinski definition) is 3. The molecule has 0 atom stereocenters. The third-order valence-electron chi connectivity index (χ3n) is 3.51. The first-order valence-corrected chi connectivity index (χ1v) is 8.31. The zero-order valence-electron chi connectivity index (χ0n) is 14.6. The average molecular weight is 328 g/mol. The number of nitrogens with zero attached hydrogens (tertiary/aromatic N) is 1. The van der Waals surface area contributed by atoms with Gasteiger partial charge >= 0.3 is 0 Å². The largest absolute Gasteiger partial charge is 0.488 e. The summed E-state index contributed by atoms with van der Waals surface area (Å²) in [5.41, 5.74) is 2.27. The summed E-state index contributed by atoms with van der Waals surface area (Å²) in [6.07, 6.45) is 5.89. The first-order chi connectivity index (χ1) is 11.7.